The third-order valence-corrected chi connectivity index (χ3v) is 8.27. The average Bonchev–Trinajstić information content (AvgIpc) is 2.42. The SMILES string of the molecule is [CH2]OOC(=O)c1ccc([Si](C=C)(CC)CC)cc1. The van der Waals surface area contributed by atoms with Crippen molar-refractivity contribution in [3.63, 3.8) is 0 Å². The van der Waals surface area contributed by atoms with E-state index in [4.69, 9.17) is 0 Å². The van der Waals surface area contributed by atoms with Crippen LogP contribution in [-0.4, -0.2) is 14.0 Å². The molecule has 0 aliphatic heterocycles. The van der Waals surface area contributed by atoms with Gasteiger partial charge >= 0.3 is 5.97 Å². The summed E-state index contributed by atoms with van der Waals surface area (Å²) in [6, 6.07) is 9.71. The molecular weight excluding hydrogens is 244 g/mol. The molecule has 1 aromatic rings. The molecule has 0 N–H and O–H groups in total. The van der Waals surface area contributed by atoms with Crippen LogP contribution in [0.4, 0.5) is 0 Å². The van der Waals surface area contributed by atoms with Gasteiger partial charge in [0.2, 0.25) is 0 Å². The zero-order valence-corrected chi connectivity index (χ0v) is 11.9. The summed E-state index contributed by atoms with van der Waals surface area (Å²) in [5, 5.41) is 1.29. The molecule has 0 unspecified atom stereocenters. The summed E-state index contributed by atoms with van der Waals surface area (Å²) in [7, 11) is 1.40. The molecule has 0 fully saturated rings. The summed E-state index contributed by atoms with van der Waals surface area (Å²) in [4.78, 5) is 19.9. The monoisotopic (exact) mass is 263 g/mol. The minimum absolute atomic E-state index is 0.460. The Morgan fingerprint density at radius 1 is 1.28 bits per heavy atom. The van der Waals surface area contributed by atoms with E-state index in [0.29, 0.717) is 5.56 Å². The van der Waals surface area contributed by atoms with Crippen molar-refractivity contribution >= 4 is 19.2 Å². The van der Waals surface area contributed by atoms with Crippen molar-refractivity contribution in [2.45, 2.75) is 25.9 Å². The van der Waals surface area contributed by atoms with Crippen LogP contribution < -0.4 is 5.19 Å². The Hall–Kier alpha value is -1.39. The Labute approximate surface area is 109 Å². The third kappa shape index (κ3) is 2.89. The van der Waals surface area contributed by atoms with Gasteiger partial charge in [0, 0.05) is 0 Å². The first-order chi connectivity index (χ1) is 8.63. The van der Waals surface area contributed by atoms with Crippen LogP contribution in [0.1, 0.15) is 24.2 Å². The minimum atomic E-state index is -1.60. The van der Waals surface area contributed by atoms with Crippen LogP contribution >= 0.6 is 0 Å². The van der Waals surface area contributed by atoms with Crippen molar-refractivity contribution in [1.29, 1.82) is 0 Å². The van der Waals surface area contributed by atoms with Crippen LogP contribution in [0, 0.1) is 7.11 Å². The lowest BCUT2D eigenvalue weighted by Crippen LogP contribution is -2.44. The van der Waals surface area contributed by atoms with Gasteiger partial charge in [-0.3, -0.25) is 4.89 Å². The molecule has 18 heavy (non-hydrogen) atoms. The molecule has 1 aromatic carbocycles. The fourth-order valence-corrected chi connectivity index (χ4v) is 5.06. The molecular formula is C14H19O3Si. The summed E-state index contributed by atoms with van der Waals surface area (Å²) >= 11 is 0. The number of hydrogen-bond acceptors (Lipinski definition) is 3. The van der Waals surface area contributed by atoms with Crippen LogP contribution in [0.15, 0.2) is 36.5 Å². The van der Waals surface area contributed by atoms with Crippen molar-refractivity contribution < 1.29 is 14.6 Å². The van der Waals surface area contributed by atoms with Gasteiger partial charge in [0.05, 0.1) is 5.56 Å². The van der Waals surface area contributed by atoms with Crippen LogP contribution in [0.2, 0.25) is 12.1 Å². The summed E-state index contributed by atoms with van der Waals surface area (Å²) in [5.41, 5.74) is 2.57. The normalized spacial score (nSPS) is 11.1. The highest BCUT2D eigenvalue weighted by Crippen LogP contribution is 2.17. The fourth-order valence-electron chi connectivity index (χ4n) is 2.10. The molecule has 0 atom stereocenters. The van der Waals surface area contributed by atoms with E-state index < -0.39 is 14.0 Å². The van der Waals surface area contributed by atoms with Crippen LogP contribution in [0.25, 0.3) is 0 Å². The molecule has 0 saturated carbocycles. The van der Waals surface area contributed by atoms with E-state index in [1.54, 1.807) is 12.1 Å². The summed E-state index contributed by atoms with van der Waals surface area (Å²) in [6.45, 7) is 8.36. The van der Waals surface area contributed by atoms with Crippen molar-refractivity contribution in [3.05, 3.63) is 49.2 Å². The third-order valence-electron chi connectivity index (χ3n) is 3.48. The Morgan fingerprint density at radius 2 is 1.83 bits per heavy atom. The molecule has 0 heterocycles. The van der Waals surface area contributed by atoms with E-state index in [0.717, 1.165) is 12.1 Å². The van der Waals surface area contributed by atoms with Gasteiger partial charge in [-0.15, -0.1) is 6.58 Å². The predicted octanol–water partition coefficient (Wildman–Crippen LogP) is 2.99. The van der Waals surface area contributed by atoms with Gasteiger partial charge in [-0.05, 0) is 12.1 Å². The lowest BCUT2D eigenvalue weighted by molar-refractivity contribution is -0.195. The molecule has 0 spiro atoms. The predicted molar refractivity (Wildman–Crippen MR) is 74.8 cm³/mol. The number of benzene rings is 1. The maximum Gasteiger partial charge on any atom is 0.373 e. The number of hydrogen-bond donors (Lipinski definition) is 0. The molecule has 3 nitrogen and oxygen atoms in total. The number of carbonyl (C=O) groups is 1. The lowest BCUT2D eigenvalue weighted by Gasteiger charge is -2.25. The van der Waals surface area contributed by atoms with Gasteiger partial charge < -0.3 is 0 Å². The Bertz CT molecular complexity index is 408. The standard InChI is InChI=1S/C14H19O3Si/c1-5-18(6-2,7-3)13-10-8-12(9-11-13)14(15)17-16-4/h5,8-11H,1,4,6-7H2,2-3H3. The van der Waals surface area contributed by atoms with Crippen LogP contribution in [-0.2, 0) is 9.78 Å². The molecule has 0 amide bonds. The lowest BCUT2D eigenvalue weighted by atomic mass is 10.2. The highest BCUT2D eigenvalue weighted by Gasteiger charge is 2.27. The van der Waals surface area contributed by atoms with Gasteiger partial charge in [0.15, 0.2) is 0 Å². The largest absolute Gasteiger partial charge is 0.373 e. The molecule has 0 aromatic heterocycles. The van der Waals surface area contributed by atoms with Crippen molar-refractivity contribution in [3.8, 4) is 0 Å². The zero-order valence-electron chi connectivity index (χ0n) is 10.9. The van der Waals surface area contributed by atoms with Crippen molar-refractivity contribution in [1.82, 2.24) is 0 Å². The summed E-state index contributed by atoms with van der Waals surface area (Å²) < 4.78 is 0. The van der Waals surface area contributed by atoms with E-state index in [2.05, 4.69) is 43.0 Å². The second-order valence-electron chi connectivity index (χ2n) is 4.13. The molecule has 97 valence electrons. The van der Waals surface area contributed by atoms with E-state index in [1.165, 1.54) is 5.19 Å². The molecule has 0 bridgehead atoms. The summed E-state index contributed by atoms with van der Waals surface area (Å²) in [5.74, 6) is -0.532. The van der Waals surface area contributed by atoms with Gasteiger partial charge in [-0.25, -0.2) is 4.79 Å². The smallest absolute Gasteiger partial charge is 0.293 e. The molecule has 0 aliphatic rings. The highest BCUT2D eigenvalue weighted by atomic mass is 28.3. The average molecular weight is 263 g/mol. The van der Waals surface area contributed by atoms with Crippen molar-refractivity contribution in [2.24, 2.45) is 0 Å². The first-order valence-corrected chi connectivity index (χ1v) is 8.49. The topological polar surface area (TPSA) is 35.5 Å². The Morgan fingerprint density at radius 3 is 2.22 bits per heavy atom. The van der Waals surface area contributed by atoms with Gasteiger partial charge in [-0.1, -0.05) is 49.0 Å². The molecule has 1 rings (SSSR count). The second kappa shape index (κ2) is 6.52. The van der Waals surface area contributed by atoms with Gasteiger partial charge in [-0.2, -0.15) is 4.89 Å². The van der Waals surface area contributed by atoms with E-state index in [-0.39, 0.29) is 0 Å². The minimum Gasteiger partial charge on any atom is -0.293 e. The van der Waals surface area contributed by atoms with Crippen LogP contribution in [0.5, 0.6) is 0 Å². The number of rotatable bonds is 6. The number of carbonyl (C=O) groups excluding carboxylic acids is 1. The Kier molecular flexibility index (Phi) is 5.31. The second-order valence-corrected chi connectivity index (χ2v) is 8.85. The molecule has 4 heteroatoms. The van der Waals surface area contributed by atoms with Crippen molar-refractivity contribution in [2.75, 3.05) is 0 Å². The first-order valence-electron chi connectivity index (χ1n) is 6.00. The van der Waals surface area contributed by atoms with Gasteiger partial charge in [0.25, 0.3) is 0 Å². The Balaban J connectivity index is 3.01. The van der Waals surface area contributed by atoms with E-state index in [9.17, 15) is 4.79 Å². The maximum atomic E-state index is 11.4. The van der Waals surface area contributed by atoms with Crippen LogP contribution in [0.3, 0.4) is 0 Å². The van der Waals surface area contributed by atoms with E-state index >= 15 is 0 Å². The highest BCUT2D eigenvalue weighted by molar-refractivity contribution is 6.95. The maximum absolute atomic E-state index is 11.4. The molecule has 1 radical (unpaired) electrons. The van der Waals surface area contributed by atoms with E-state index in [1.807, 2.05) is 12.1 Å². The molecule has 0 aliphatic carbocycles. The first kappa shape index (κ1) is 14.7. The molecule has 0 saturated heterocycles. The van der Waals surface area contributed by atoms with Gasteiger partial charge in [0.1, 0.15) is 15.2 Å². The zero-order chi connectivity index (χ0) is 13.6. The fraction of sp³-hybridized carbons (Fsp3) is 0.286. The summed E-state index contributed by atoms with van der Waals surface area (Å²) in [6.07, 6.45) is 0. The quantitative estimate of drug-likeness (QED) is 0.449.